The number of ether oxygens (including phenoxy) is 1. The predicted octanol–water partition coefficient (Wildman–Crippen LogP) is 1.04. The first-order chi connectivity index (χ1) is 9.56. The van der Waals surface area contributed by atoms with E-state index >= 15 is 0 Å². The number of aliphatic carboxylic acids is 1. The Hall–Kier alpha value is -1.59. The Bertz CT molecular complexity index is 408. The lowest BCUT2D eigenvalue weighted by Crippen LogP contribution is -2.45. The molecule has 1 unspecified atom stereocenters. The van der Waals surface area contributed by atoms with Crippen LogP contribution in [-0.2, 0) is 19.1 Å². The fraction of sp³-hybridized carbons (Fsp3) is 0.786. The molecule has 20 heavy (non-hydrogen) atoms. The Kier molecular flexibility index (Phi) is 4.62. The highest BCUT2D eigenvalue weighted by Gasteiger charge is 2.44. The second kappa shape index (κ2) is 6.24. The van der Waals surface area contributed by atoms with Crippen LogP contribution in [0.4, 0.5) is 0 Å². The van der Waals surface area contributed by atoms with E-state index in [-0.39, 0.29) is 11.9 Å². The normalized spacial score (nSPS) is 29.4. The number of likely N-dealkylation sites (tertiary alicyclic amines) is 1. The Morgan fingerprint density at radius 1 is 1.15 bits per heavy atom. The van der Waals surface area contributed by atoms with Crippen LogP contribution in [0.2, 0.25) is 0 Å². The maximum absolute atomic E-state index is 12.5. The summed E-state index contributed by atoms with van der Waals surface area (Å²) < 4.78 is 4.99. The van der Waals surface area contributed by atoms with Crippen molar-refractivity contribution in [2.45, 2.75) is 45.1 Å². The maximum Gasteiger partial charge on any atom is 0.328 e. The summed E-state index contributed by atoms with van der Waals surface area (Å²) in [5.74, 6) is -2.56. The van der Waals surface area contributed by atoms with Crippen molar-refractivity contribution in [1.29, 1.82) is 0 Å². The number of hydrogen-bond acceptors (Lipinski definition) is 4. The summed E-state index contributed by atoms with van der Waals surface area (Å²) >= 11 is 0. The van der Waals surface area contributed by atoms with Crippen LogP contribution >= 0.6 is 0 Å². The molecule has 0 aromatic carbocycles. The summed E-state index contributed by atoms with van der Waals surface area (Å²) in [4.78, 5) is 37.1. The smallest absolute Gasteiger partial charge is 0.328 e. The van der Waals surface area contributed by atoms with Crippen LogP contribution in [0, 0.1) is 11.8 Å². The van der Waals surface area contributed by atoms with E-state index in [1.807, 2.05) is 0 Å². The lowest BCUT2D eigenvalue weighted by Gasteiger charge is -2.27. The highest BCUT2D eigenvalue weighted by molar-refractivity contribution is 5.89. The van der Waals surface area contributed by atoms with Gasteiger partial charge in [0.15, 0.2) is 0 Å². The van der Waals surface area contributed by atoms with E-state index in [4.69, 9.17) is 4.74 Å². The van der Waals surface area contributed by atoms with Gasteiger partial charge in [-0.3, -0.25) is 9.59 Å². The second-order valence-electron chi connectivity index (χ2n) is 5.42. The number of hydrogen-bond donors (Lipinski definition) is 1. The average molecular weight is 283 g/mol. The molecule has 1 heterocycles. The van der Waals surface area contributed by atoms with Gasteiger partial charge in [-0.05, 0) is 32.6 Å². The van der Waals surface area contributed by atoms with Crippen LogP contribution in [0.3, 0.4) is 0 Å². The zero-order chi connectivity index (χ0) is 14.7. The van der Waals surface area contributed by atoms with E-state index in [2.05, 4.69) is 0 Å². The van der Waals surface area contributed by atoms with Gasteiger partial charge in [0.2, 0.25) is 5.91 Å². The number of carboxylic acids is 1. The minimum Gasteiger partial charge on any atom is -0.481 e. The number of carbonyl (C=O) groups excluding carboxylic acids is 2. The molecule has 0 aromatic heterocycles. The van der Waals surface area contributed by atoms with Crippen LogP contribution in [0.1, 0.15) is 39.0 Å². The third kappa shape index (κ3) is 2.78. The number of amides is 1. The van der Waals surface area contributed by atoms with E-state index in [0.717, 1.165) is 12.8 Å². The standard InChI is InChI=1S/C14H21NO5/c1-2-20-14(19)11-7-4-8-15(11)12(16)9-5-3-6-10(9)13(17)18/h9-11H,2-8H2,1H3,(H,17,18)/t9-,10+,11?/m1/s1. The third-order valence-electron chi connectivity index (χ3n) is 4.24. The Labute approximate surface area is 118 Å². The summed E-state index contributed by atoms with van der Waals surface area (Å²) in [6.07, 6.45) is 3.27. The summed E-state index contributed by atoms with van der Waals surface area (Å²) in [6, 6.07) is -0.530. The molecule has 0 bridgehead atoms. The van der Waals surface area contributed by atoms with Crippen molar-refractivity contribution in [2.24, 2.45) is 11.8 Å². The molecular weight excluding hydrogens is 262 g/mol. The highest BCUT2D eigenvalue weighted by atomic mass is 16.5. The van der Waals surface area contributed by atoms with E-state index < -0.39 is 23.8 Å². The number of carboxylic acid groups (broad SMARTS) is 1. The summed E-state index contributed by atoms with van der Waals surface area (Å²) in [6.45, 7) is 2.54. The van der Waals surface area contributed by atoms with Gasteiger partial charge in [0.05, 0.1) is 18.4 Å². The van der Waals surface area contributed by atoms with Crippen molar-refractivity contribution in [3.8, 4) is 0 Å². The largest absolute Gasteiger partial charge is 0.481 e. The van der Waals surface area contributed by atoms with Gasteiger partial charge in [0, 0.05) is 6.54 Å². The Morgan fingerprint density at radius 3 is 2.50 bits per heavy atom. The molecule has 1 aliphatic heterocycles. The fourth-order valence-electron chi connectivity index (χ4n) is 3.28. The van der Waals surface area contributed by atoms with Crippen LogP contribution in [0.25, 0.3) is 0 Å². The topological polar surface area (TPSA) is 83.9 Å². The summed E-state index contributed by atoms with van der Waals surface area (Å²) in [5, 5.41) is 9.17. The van der Waals surface area contributed by atoms with Crippen LogP contribution in [-0.4, -0.2) is 47.0 Å². The van der Waals surface area contributed by atoms with E-state index in [0.29, 0.717) is 32.4 Å². The van der Waals surface area contributed by atoms with Crippen molar-refractivity contribution >= 4 is 17.8 Å². The molecule has 1 N–H and O–H groups in total. The minimum absolute atomic E-state index is 0.189. The number of carbonyl (C=O) groups is 3. The van der Waals surface area contributed by atoms with Gasteiger partial charge in [-0.1, -0.05) is 6.42 Å². The zero-order valence-corrected chi connectivity index (χ0v) is 11.7. The molecule has 0 spiro atoms. The molecule has 1 amide bonds. The Balaban J connectivity index is 2.07. The highest BCUT2D eigenvalue weighted by Crippen LogP contribution is 2.35. The predicted molar refractivity (Wildman–Crippen MR) is 69.8 cm³/mol. The van der Waals surface area contributed by atoms with Crippen molar-refractivity contribution < 1.29 is 24.2 Å². The van der Waals surface area contributed by atoms with Gasteiger partial charge >= 0.3 is 11.9 Å². The molecule has 0 radical (unpaired) electrons. The molecule has 3 atom stereocenters. The van der Waals surface area contributed by atoms with E-state index in [1.165, 1.54) is 4.90 Å². The molecule has 2 rings (SSSR count). The first-order valence-corrected chi connectivity index (χ1v) is 7.26. The molecule has 1 aliphatic carbocycles. The molecule has 112 valence electrons. The first-order valence-electron chi connectivity index (χ1n) is 7.26. The second-order valence-corrected chi connectivity index (χ2v) is 5.42. The molecule has 1 saturated carbocycles. The van der Waals surface area contributed by atoms with Gasteiger partial charge < -0.3 is 14.7 Å². The van der Waals surface area contributed by atoms with Crippen molar-refractivity contribution in [2.75, 3.05) is 13.2 Å². The molecule has 2 aliphatic rings. The Morgan fingerprint density at radius 2 is 1.85 bits per heavy atom. The van der Waals surface area contributed by atoms with Crippen LogP contribution in [0.15, 0.2) is 0 Å². The molecular formula is C14H21NO5. The number of rotatable bonds is 4. The average Bonchev–Trinajstić information content (AvgIpc) is 3.07. The first kappa shape index (κ1) is 14.8. The molecule has 0 aromatic rings. The van der Waals surface area contributed by atoms with Crippen LogP contribution < -0.4 is 0 Å². The van der Waals surface area contributed by atoms with Crippen LogP contribution in [0.5, 0.6) is 0 Å². The zero-order valence-electron chi connectivity index (χ0n) is 11.7. The maximum atomic E-state index is 12.5. The van der Waals surface area contributed by atoms with E-state index in [9.17, 15) is 19.5 Å². The SMILES string of the molecule is CCOC(=O)C1CCCN1C(=O)[C@@H]1CCC[C@@H]1C(=O)O. The lowest BCUT2D eigenvalue weighted by atomic mass is 9.94. The summed E-state index contributed by atoms with van der Waals surface area (Å²) in [5.41, 5.74) is 0. The molecule has 6 nitrogen and oxygen atoms in total. The van der Waals surface area contributed by atoms with Gasteiger partial charge in [-0.25, -0.2) is 4.79 Å². The molecule has 6 heteroatoms. The van der Waals surface area contributed by atoms with E-state index in [1.54, 1.807) is 6.92 Å². The van der Waals surface area contributed by atoms with Crippen molar-refractivity contribution in [3.05, 3.63) is 0 Å². The molecule has 1 saturated heterocycles. The summed E-state index contributed by atoms with van der Waals surface area (Å²) in [7, 11) is 0. The minimum atomic E-state index is -0.910. The van der Waals surface area contributed by atoms with Crippen molar-refractivity contribution in [3.63, 3.8) is 0 Å². The third-order valence-corrected chi connectivity index (χ3v) is 4.24. The van der Waals surface area contributed by atoms with Gasteiger partial charge in [-0.2, -0.15) is 0 Å². The van der Waals surface area contributed by atoms with Crippen molar-refractivity contribution in [1.82, 2.24) is 4.90 Å². The van der Waals surface area contributed by atoms with Gasteiger partial charge in [0.25, 0.3) is 0 Å². The fourth-order valence-corrected chi connectivity index (χ4v) is 3.28. The molecule has 2 fully saturated rings. The van der Waals surface area contributed by atoms with Gasteiger partial charge in [0.1, 0.15) is 6.04 Å². The lowest BCUT2D eigenvalue weighted by molar-refractivity contribution is -0.156. The quantitative estimate of drug-likeness (QED) is 0.779. The monoisotopic (exact) mass is 283 g/mol. The van der Waals surface area contributed by atoms with Gasteiger partial charge in [-0.15, -0.1) is 0 Å². The number of esters is 1. The number of nitrogens with zero attached hydrogens (tertiary/aromatic N) is 1.